The molecule has 1 rings (SSSR count). The third kappa shape index (κ3) is 4.16. The van der Waals surface area contributed by atoms with Gasteiger partial charge in [0.25, 0.3) is 0 Å². The summed E-state index contributed by atoms with van der Waals surface area (Å²) in [5, 5.41) is 3.17. The lowest BCUT2D eigenvalue weighted by molar-refractivity contribution is -0.118. The normalized spacial score (nSPS) is 12.4. The zero-order valence-corrected chi connectivity index (χ0v) is 9.72. The van der Waals surface area contributed by atoms with Crippen molar-refractivity contribution in [2.45, 2.75) is 25.9 Å². The molecule has 0 aliphatic rings. The van der Waals surface area contributed by atoms with Gasteiger partial charge in [0, 0.05) is 19.0 Å². The van der Waals surface area contributed by atoms with Crippen LogP contribution >= 0.6 is 11.6 Å². The molecule has 3 N–H and O–H groups in total. The third-order valence-electron chi connectivity index (χ3n) is 2.15. The summed E-state index contributed by atoms with van der Waals surface area (Å²) in [6.45, 7) is 2.32. The van der Waals surface area contributed by atoms with Crippen molar-refractivity contribution in [1.82, 2.24) is 5.32 Å². The number of carbonyl (C=O) groups is 1. The molecule has 1 aromatic rings. The number of nitrogens with one attached hydrogen (secondary N) is 1. The van der Waals surface area contributed by atoms with Crippen molar-refractivity contribution in [3.8, 4) is 0 Å². The fraction of sp³-hybridized carbons (Fsp3) is 0.364. The first-order chi connectivity index (χ1) is 7.49. The molecule has 16 heavy (non-hydrogen) atoms. The predicted octanol–water partition coefficient (Wildman–Crippen LogP) is 1.83. The van der Waals surface area contributed by atoms with Gasteiger partial charge in [0.1, 0.15) is 5.82 Å². The first kappa shape index (κ1) is 12.9. The van der Waals surface area contributed by atoms with Gasteiger partial charge in [-0.05, 0) is 24.6 Å². The Bertz CT molecular complexity index is 384. The monoisotopic (exact) mass is 244 g/mol. The van der Waals surface area contributed by atoms with Crippen molar-refractivity contribution in [2.75, 3.05) is 0 Å². The van der Waals surface area contributed by atoms with Crippen molar-refractivity contribution in [2.24, 2.45) is 5.73 Å². The van der Waals surface area contributed by atoms with E-state index in [1.807, 2.05) is 6.92 Å². The Morgan fingerprint density at radius 1 is 1.62 bits per heavy atom. The molecule has 5 heteroatoms. The van der Waals surface area contributed by atoms with Gasteiger partial charge in [0.2, 0.25) is 5.91 Å². The van der Waals surface area contributed by atoms with Crippen LogP contribution in [0.4, 0.5) is 4.39 Å². The lowest BCUT2D eigenvalue weighted by Crippen LogP contribution is -2.30. The molecule has 1 amide bonds. The molecule has 0 radical (unpaired) electrons. The third-order valence-corrected chi connectivity index (χ3v) is 2.45. The topological polar surface area (TPSA) is 55.1 Å². The molecular weight excluding hydrogens is 231 g/mol. The number of hydrogen-bond acceptors (Lipinski definition) is 2. The molecule has 0 saturated heterocycles. The number of primary amides is 1. The van der Waals surface area contributed by atoms with Crippen LogP contribution < -0.4 is 11.1 Å². The quantitative estimate of drug-likeness (QED) is 0.830. The first-order valence-corrected chi connectivity index (χ1v) is 5.32. The molecule has 3 nitrogen and oxygen atoms in total. The van der Waals surface area contributed by atoms with Gasteiger partial charge in [0.05, 0.1) is 5.02 Å². The molecule has 0 spiro atoms. The SMILES string of the molecule is CC(CC(N)=O)NCc1ccc(Cl)c(F)c1. The predicted molar refractivity (Wildman–Crippen MR) is 61.5 cm³/mol. The van der Waals surface area contributed by atoms with E-state index in [0.717, 1.165) is 5.56 Å². The minimum atomic E-state index is -0.441. The van der Waals surface area contributed by atoms with Crippen LogP contribution in [0.2, 0.25) is 5.02 Å². The maximum atomic E-state index is 13.1. The van der Waals surface area contributed by atoms with Gasteiger partial charge in [-0.3, -0.25) is 4.79 Å². The van der Waals surface area contributed by atoms with E-state index in [2.05, 4.69) is 5.32 Å². The van der Waals surface area contributed by atoms with Crippen LogP contribution in [-0.2, 0) is 11.3 Å². The average molecular weight is 245 g/mol. The summed E-state index contributed by atoms with van der Waals surface area (Å²) < 4.78 is 13.1. The minimum Gasteiger partial charge on any atom is -0.370 e. The Kier molecular flexibility index (Phi) is 4.71. The molecule has 1 aromatic carbocycles. The summed E-state index contributed by atoms with van der Waals surface area (Å²) in [6.07, 6.45) is 0.260. The molecule has 0 bridgehead atoms. The Morgan fingerprint density at radius 2 is 2.31 bits per heavy atom. The summed E-state index contributed by atoms with van der Waals surface area (Å²) in [5.74, 6) is -0.800. The van der Waals surface area contributed by atoms with Crippen molar-refractivity contribution in [1.29, 1.82) is 0 Å². The average Bonchev–Trinajstić information content (AvgIpc) is 2.19. The van der Waals surface area contributed by atoms with E-state index < -0.39 is 5.82 Å². The Hall–Kier alpha value is -1.13. The van der Waals surface area contributed by atoms with Gasteiger partial charge in [-0.25, -0.2) is 4.39 Å². The maximum absolute atomic E-state index is 13.1. The molecule has 0 aromatic heterocycles. The highest BCUT2D eigenvalue weighted by molar-refractivity contribution is 6.30. The van der Waals surface area contributed by atoms with Gasteiger partial charge in [0.15, 0.2) is 0 Å². The van der Waals surface area contributed by atoms with Crippen molar-refractivity contribution < 1.29 is 9.18 Å². The summed E-state index contributed by atoms with van der Waals surface area (Å²) in [6, 6.07) is 4.57. The number of benzene rings is 1. The molecule has 88 valence electrons. The van der Waals surface area contributed by atoms with Crippen molar-refractivity contribution in [3.63, 3.8) is 0 Å². The zero-order chi connectivity index (χ0) is 12.1. The number of rotatable bonds is 5. The van der Waals surface area contributed by atoms with E-state index >= 15 is 0 Å². The van der Waals surface area contributed by atoms with Gasteiger partial charge >= 0.3 is 0 Å². The number of carbonyl (C=O) groups excluding carboxylic acids is 1. The van der Waals surface area contributed by atoms with Crippen LogP contribution in [0.5, 0.6) is 0 Å². The highest BCUT2D eigenvalue weighted by Crippen LogP contribution is 2.15. The lowest BCUT2D eigenvalue weighted by atomic mass is 10.2. The van der Waals surface area contributed by atoms with Crippen LogP contribution in [-0.4, -0.2) is 11.9 Å². The van der Waals surface area contributed by atoms with Gasteiger partial charge < -0.3 is 11.1 Å². The standard InChI is InChI=1S/C11H14ClFN2O/c1-7(4-11(14)16)15-6-8-2-3-9(12)10(13)5-8/h2-3,5,7,15H,4,6H2,1H3,(H2,14,16). The molecule has 0 aliphatic carbocycles. The van der Waals surface area contributed by atoms with Crippen LogP contribution in [0.3, 0.4) is 0 Å². The second-order valence-corrected chi connectivity index (χ2v) is 4.11. The second-order valence-electron chi connectivity index (χ2n) is 3.70. The second kappa shape index (κ2) is 5.82. The first-order valence-electron chi connectivity index (χ1n) is 4.94. The Labute approximate surface area is 98.8 Å². The zero-order valence-electron chi connectivity index (χ0n) is 8.97. The molecule has 0 saturated carbocycles. The number of amides is 1. The highest BCUT2D eigenvalue weighted by atomic mass is 35.5. The molecule has 1 unspecified atom stereocenters. The van der Waals surface area contributed by atoms with E-state index in [9.17, 15) is 9.18 Å². The van der Waals surface area contributed by atoms with E-state index in [1.165, 1.54) is 12.1 Å². The summed E-state index contributed by atoms with van der Waals surface area (Å²) in [5.41, 5.74) is 5.83. The van der Waals surface area contributed by atoms with E-state index in [-0.39, 0.29) is 23.4 Å². The highest BCUT2D eigenvalue weighted by Gasteiger charge is 2.06. The van der Waals surface area contributed by atoms with Crippen LogP contribution in [0.1, 0.15) is 18.9 Å². The summed E-state index contributed by atoms with van der Waals surface area (Å²) >= 11 is 5.56. The maximum Gasteiger partial charge on any atom is 0.218 e. The fourth-order valence-corrected chi connectivity index (χ4v) is 1.43. The van der Waals surface area contributed by atoms with E-state index in [0.29, 0.717) is 6.54 Å². The van der Waals surface area contributed by atoms with Crippen LogP contribution in [0.15, 0.2) is 18.2 Å². The molecule has 0 fully saturated rings. The van der Waals surface area contributed by atoms with Crippen molar-refractivity contribution >= 4 is 17.5 Å². The van der Waals surface area contributed by atoms with Crippen LogP contribution in [0.25, 0.3) is 0 Å². The Morgan fingerprint density at radius 3 is 2.88 bits per heavy atom. The minimum absolute atomic E-state index is 0.0313. The van der Waals surface area contributed by atoms with Gasteiger partial charge in [-0.2, -0.15) is 0 Å². The number of hydrogen-bond donors (Lipinski definition) is 2. The van der Waals surface area contributed by atoms with E-state index in [4.69, 9.17) is 17.3 Å². The Balaban J connectivity index is 2.48. The summed E-state index contributed by atoms with van der Waals surface area (Å²) in [7, 11) is 0. The molecular formula is C11H14ClFN2O. The largest absolute Gasteiger partial charge is 0.370 e. The molecule has 0 aliphatic heterocycles. The smallest absolute Gasteiger partial charge is 0.218 e. The lowest BCUT2D eigenvalue weighted by Gasteiger charge is -2.11. The van der Waals surface area contributed by atoms with Gasteiger partial charge in [-0.1, -0.05) is 17.7 Å². The van der Waals surface area contributed by atoms with Crippen molar-refractivity contribution in [3.05, 3.63) is 34.6 Å². The molecule has 0 heterocycles. The van der Waals surface area contributed by atoms with Gasteiger partial charge in [-0.15, -0.1) is 0 Å². The fourth-order valence-electron chi connectivity index (χ4n) is 1.32. The summed E-state index contributed by atoms with van der Waals surface area (Å²) in [4.78, 5) is 10.6. The van der Waals surface area contributed by atoms with E-state index in [1.54, 1.807) is 6.07 Å². The van der Waals surface area contributed by atoms with Crippen LogP contribution in [0, 0.1) is 5.82 Å². The number of nitrogens with two attached hydrogens (primary N) is 1. The number of halogens is 2. The molecule has 1 atom stereocenters.